The van der Waals surface area contributed by atoms with Crippen molar-refractivity contribution in [1.82, 2.24) is 14.5 Å². The molecule has 0 heterocycles. The molecule has 1 atom stereocenters. The molecule has 0 fully saturated rings. The van der Waals surface area contributed by atoms with Crippen molar-refractivity contribution in [3.63, 3.8) is 0 Å². The van der Waals surface area contributed by atoms with E-state index >= 15 is 0 Å². The normalized spacial score (nSPS) is 12.2. The number of hydrogen-bond donors (Lipinski definition) is 1. The standard InChI is InChI=1S/C23H28ClN3O4S/c1-4-14-25-23(29)18(2)27(16-20-10-12-21(24)13-11-20)22(28)17-26(32(3,30)31)15-19-8-6-5-7-9-19/h4-13,18H,1,14-17H2,2-3H3,(H,25,29). The highest BCUT2D eigenvalue weighted by molar-refractivity contribution is 7.88. The number of halogens is 1. The smallest absolute Gasteiger partial charge is 0.242 e. The summed E-state index contributed by atoms with van der Waals surface area (Å²) in [6, 6.07) is 15.1. The van der Waals surface area contributed by atoms with Crippen LogP contribution in [-0.2, 0) is 32.7 Å². The van der Waals surface area contributed by atoms with E-state index in [1.165, 1.54) is 4.90 Å². The summed E-state index contributed by atoms with van der Waals surface area (Å²) < 4.78 is 25.9. The third kappa shape index (κ3) is 7.78. The van der Waals surface area contributed by atoms with Gasteiger partial charge in [-0.15, -0.1) is 6.58 Å². The fourth-order valence-corrected chi connectivity index (χ4v) is 3.86. The minimum atomic E-state index is -3.68. The Bertz CT molecular complexity index is 1030. The number of nitrogens with one attached hydrogen (secondary N) is 1. The van der Waals surface area contributed by atoms with Crippen molar-refractivity contribution in [2.24, 2.45) is 0 Å². The van der Waals surface area contributed by atoms with Crippen LogP contribution in [0.1, 0.15) is 18.1 Å². The number of benzene rings is 2. The minimum Gasteiger partial charge on any atom is -0.351 e. The number of amides is 2. The van der Waals surface area contributed by atoms with Crippen molar-refractivity contribution in [3.05, 3.63) is 83.4 Å². The molecule has 2 aromatic rings. The van der Waals surface area contributed by atoms with Crippen LogP contribution in [0.4, 0.5) is 0 Å². The maximum atomic E-state index is 13.3. The molecule has 0 aliphatic rings. The average molecular weight is 478 g/mol. The van der Waals surface area contributed by atoms with E-state index in [1.54, 1.807) is 61.5 Å². The Morgan fingerprint density at radius 3 is 2.22 bits per heavy atom. The second-order valence-corrected chi connectivity index (χ2v) is 9.79. The van der Waals surface area contributed by atoms with Gasteiger partial charge in [-0.2, -0.15) is 4.31 Å². The van der Waals surface area contributed by atoms with Gasteiger partial charge in [-0.1, -0.05) is 60.1 Å². The van der Waals surface area contributed by atoms with E-state index < -0.39 is 22.0 Å². The third-order valence-corrected chi connectivity index (χ3v) is 6.28. The van der Waals surface area contributed by atoms with Gasteiger partial charge in [-0.05, 0) is 30.2 Å². The lowest BCUT2D eigenvalue weighted by Crippen LogP contribution is -2.51. The molecule has 0 aromatic heterocycles. The van der Waals surface area contributed by atoms with Crippen LogP contribution in [0.2, 0.25) is 5.02 Å². The third-order valence-electron chi connectivity index (χ3n) is 4.84. The van der Waals surface area contributed by atoms with Crippen LogP contribution in [0.5, 0.6) is 0 Å². The van der Waals surface area contributed by atoms with Crippen LogP contribution in [0.3, 0.4) is 0 Å². The van der Waals surface area contributed by atoms with Crippen molar-refractivity contribution < 1.29 is 18.0 Å². The number of hydrogen-bond acceptors (Lipinski definition) is 4. The Morgan fingerprint density at radius 2 is 1.66 bits per heavy atom. The zero-order chi connectivity index (χ0) is 23.7. The fraction of sp³-hybridized carbons (Fsp3) is 0.304. The van der Waals surface area contributed by atoms with Gasteiger partial charge in [-0.25, -0.2) is 8.42 Å². The molecule has 9 heteroatoms. The molecule has 172 valence electrons. The highest BCUT2D eigenvalue weighted by Crippen LogP contribution is 2.15. The second-order valence-electron chi connectivity index (χ2n) is 7.37. The Hall–Kier alpha value is -2.68. The molecule has 2 aromatic carbocycles. The van der Waals surface area contributed by atoms with E-state index in [1.807, 2.05) is 6.07 Å². The second kappa shape index (κ2) is 11.8. The average Bonchev–Trinajstić information content (AvgIpc) is 2.76. The molecular weight excluding hydrogens is 450 g/mol. The first kappa shape index (κ1) is 25.6. The van der Waals surface area contributed by atoms with Crippen molar-refractivity contribution >= 4 is 33.4 Å². The summed E-state index contributed by atoms with van der Waals surface area (Å²) >= 11 is 5.95. The fourth-order valence-electron chi connectivity index (χ4n) is 3.01. The molecule has 1 unspecified atom stereocenters. The SMILES string of the molecule is C=CCNC(=O)C(C)N(Cc1ccc(Cl)cc1)C(=O)CN(Cc1ccccc1)S(C)(=O)=O. The van der Waals surface area contributed by atoms with E-state index in [9.17, 15) is 18.0 Å². The maximum Gasteiger partial charge on any atom is 0.242 e. The van der Waals surface area contributed by atoms with E-state index in [2.05, 4.69) is 11.9 Å². The molecule has 0 saturated heterocycles. The molecule has 2 rings (SSSR count). The number of carbonyl (C=O) groups excluding carboxylic acids is 2. The van der Waals surface area contributed by atoms with E-state index in [0.29, 0.717) is 5.02 Å². The summed E-state index contributed by atoms with van der Waals surface area (Å²) in [5.41, 5.74) is 1.52. The first-order valence-electron chi connectivity index (χ1n) is 10.0. The number of nitrogens with zero attached hydrogens (tertiary/aromatic N) is 2. The molecular formula is C23H28ClN3O4S. The molecule has 0 aliphatic carbocycles. The molecule has 1 N–H and O–H groups in total. The van der Waals surface area contributed by atoms with Gasteiger partial charge < -0.3 is 10.2 Å². The minimum absolute atomic E-state index is 0.0528. The van der Waals surface area contributed by atoms with Crippen molar-refractivity contribution in [3.8, 4) is 0 Å². The quantitative estimate of drug-likeness (QED) is 0.504. The van der Waals surface area contributed by atoms with Gasteiger partial charge in [0.15, 0.2) is 0 Å². The zero-order valence-corrected chi connectivity index (χ0v) is 19.8. The molecule has 0 spiro atoms. The summed E-state index contributed by atoms with van der Waals surface area (Å²) in [5.74, 6) is -0.844. The van der Waals surface area contributed by atoms with Gasteiger partial charge in [0, 0.05) is 24.7 Å². The predicted octanol–water partition coefficient (Wildman–Crippen LogP) is 2.82. The highest BCUT2D eigenvalue weighted by atomic mass is 35.5. The van der Waals surface area contributed by atoms with Crippen LogP contribution >= 0.6 is 11.6 Å². The topological polar surface area (TPSA) is 86.8 Å². The molecule has 32 heavy (non-hydrogen) atoms. The van der Waals surface area contributed by atoms with Crippen molar-refractivity contribution in [1.29, 1.82) is 0 Å². The van der Waals surface area contributed by atoms with Gasteiger partial charge >= 0.3 is 0 Å². The van der Waals surface area contributed by atoms with E-state index in [4.69, 9.17) is 11.6 Å². The van der Waals surface area contributed by atoms with Crippen LogP contribution in [-0.4, -0.2) is 54.8 Å². The summed E-state index contributed by atoms with van der Waals surface area (Å²) in [5, 5.41) is 3.23. The predicted molar refractivity (Wildman–Crippen MR) is 126 cm³/mol. The number of carbonyl (C=O) groups is 2. The summed E-state index contributed by atoms with van der Waals surface area (Å²) in [7, 11) is -3.68. The summed E-state index contributed by atoms with van der Waals surface area (Å²) in [4.78, 5) is 27.2. The van der Waals surface area contributed by atoms with Gasteiger partial charge in [0.25, 0.3) is 0 Å². The number of rotatable bonds is 11. The van der Waals surface area contributed by atoms with Crippen LogP contribution in [0.15, 0.2) is 67.3 Å². The summed E-state index contributed by atoms with van der Waals surface area (Å²) in [6.45, 7) is 5.23. The van der Waals surface area contributed by atoms with E-state index in [0.717, 1.165) is 21.7 Å². The largest absolute Gasteiger partial charge is 0.351 e. The lowest BCUT2D eigenvalue weighted by Gasteiger charge is -2.31. The number of sulfonamides is 1. The molecule has 2 amide bonds. The Labute approximate surface area is 194 Å². The molecule has 0 bridgehead atoms. The van der Waals surface area contributed by atoms with E-state index in [-0.39, 0.29) is 32.1 Å². The van der Waals surface area contributed by atoms with Crippen LogP contribution in [0.25, 0.3) is 0 Å². The Kier molecular flexibility index (Phi) is 9.43. The first-order valence-corrected chi connectivity index (χ1v) is 12.3. The van der Waals surface area contributed by atoms with Crippen LogP contribution in [0, 0.1) is 0 Å². The van der Waals surface area contributed by atoms with Crippen LogP contribution < -0.4 is 5.32 Å². The molecule has 0 saturated carbocycles. The Morgan fingerprint density at radius 1 is 1.06 bits per heavy atom. The highest BCUT2D eigenvalue weighted by Gasteiger charge is 2.29. The zero-order valence-electron chi connectivity index (χ0n) is 18.2. The lowest BCUT2D eigenvalue weighted by molar-refractivity contribution is -0.140. The molecule has 7 nitrogen and oxygen atoms in total. The monoisotopic (exact) mass is 477 g/mol. The van der Waals surface area contributed by atoms with Gasteiger partial charge in [0.05, 0.1) is 12.8 Å². The van der Waals surface area contributed by atoms with Crippen molar-refractivity contribution in [2.75, 3.05) is 19.3 Å². The molecule has 0 aliphatic heterocycles. The van der Waals surface area contributed by atoms with Gasteiger partial charge in [0.1, 0.15) is 6.04 Å². The first-order chi connectivity index (χ1) is 15.1. The summed E-state index contributed by atoms with van der Waals surface area (Å²) in [6.07, 6.45) is 2.61. The lowest BCUT2D eigenvalue weighted by atomic mass is 10.1. The maximum absolute atomic E-state index is 13.3. The Balaban J connectivity index is 2.28. The van der Waals surface area contributed by atoms with Gasteiger partial charge in [-0.3, -0.25) is 9.59 Å². The van der Waals surface area contributed by atoms with Gasteiger partial charge in [0.2, 0.25) is 21.8 Å². The van der Waals surface area contributed by atoms with Crippen molar-refractivity contribution in [2.45, 2.75) is 26.1 Å². The molecule has 0 radical (unpaired) electrons.